The van der Waals surface area contributed by atoms with Crippen molar-refractivity contribution in [3.8, 4) is 0 Å². The molecule has 3 saturated heterocycles. The van der Waals surface area contributed by atoms with Gasteiger partial charge in [-0.15, -0.1) is 0 Å². The van der Waals surface area contributed by atoms with Gasteiger partial charge in [-0.1, -0.05) is 0 Å². The van der Waals surface area contributed by atoms with Gasteiger partial charge < -0.3 is 20.1 Å². The first kappa shape index (κ1) is 18.0. The second-order valence-electron chi connectivity index (χ2n) is 8.01. The Bertz CT molecular complexity index is 456. The van der Waals surface area contributed by atoms with Crippen LogP contribution in [0.2, 0.25) is 0 Å². The number of piperidine rings is 1. The van der Waals surface area contributed by atoms with Gasteiger partial charge in [-0.25, -0.2) is 8.78 Å². The monoisotopic (exact) mass is 360 g/mol. The molecular weight excluding hydrogens is 330 g/mol. The van der Waals surface area contributed by atoms with Crippen molar-refractivity contribution in [1.82, 2.24) is 21.5 Å². The molecule has 0 amide bonds. The molecule has 1 saturated carbocycles. The number of ether oxygens (including phenoxy) is 2. The van der Waals surface area contributed by atoms with E-state index in [0.29, 0.717) is 37.1 Å². The van der Waals surface area contributed by atoms with Crippen LogP contribution < -0.4 is 21.5 Å². The second kappa shape index (κ2) is 7.70. The Kier molecular flexibility index (Phi) is 5.54. The maximum atomic E-state index is 14.0. The number of hydrogen-bond donors (Lipinski definition) is 4. The normalized spacial score (nSPS) is 45.4. The second-order valence-corrected chi connectivity index (χ2v) is 8.01. The Hall–Kier alpha value is -0.380. The predicted octanol–water partition coefficient (Wildman–Crippen LogP) is 0.250. The molecule has 4 rings (SSSR count). The van der Waals surface area contributed by atoms with Crippen LogP contribution in [-0.2, 0) is 9.47 Å². The summed E-state index contributed by atoms with van der Waals surface area (Å²) in [6.07, 6.45) is 3.77. The number of hydrogen-bond acceptors (Lipinski definition) is 6. The summed E-state index contributed by atoms with van der Waals surface area (Å²) in [7, 11) is 0. The first-order valence-electron chi connectivity index (χ1n) is 9.64. The van der Waals surface area contributed by atoms with E-state index >= 15 is 0 Å². The third-order valence-electron chi connectivity index (χ3n) is 6.15. The quantitative estimate of drug-likeness (QED) is 0.497. The summed E-state index contributed by atoms with van der Waals surface area (Å²) < 4.78 is 39.6. The van der Waals surface area contributed by atoms with Gasteiger partial charge in [-0.05, 0) is 44.1 Å². The Labute approximate surface area is 147 Å². The number of halogens is 2. The van der Waals surface area contributed by atoms with Crippen molar-refractivity contribution in [3.05, 3.63) is 0 Å². The summed E-state index contributed by atoms with van der Waals surface area (Å²) in [6, 6.07) is 0.767. The fraction of sp³-hybridized carbons (Fsp3) is 1.00. The SMILES string of the molecule is FC1(F)CNCCOC2CNCC(C2)C2NNC3CCC(CC32)OC1. The highest BCUT2D eigenvalue weighted by Crippen LogP contribution is 2.36. The Morgan fingerprint density at radius 2 is 1.84 bits per heavy atom. The molecule has 144 valence electrons. The summed E-state index contributed by atoms with van der Waals surface area (Å²) in [5.41, 5.74) is 6.92. The Balaban J connectivity index is 1.47. The average molecular weight is 360 g/mol. The van der Waals surface area contributed by atoms with Crippen LogP contribution in [0.15, 0.2) is 0 Å². The lowest BCUT2D eigenvalue weighted by molar-refractivity contribution is -0.108. The summed E-state index contributed by atoms with van der Waals surface area (Å²) >= 11 is 0. The van der Waals surface area contributed by atoms with Crippen LogP contribution in [0.5, 0.6) is 0 Å². The van der Waals surface area contributed by atoms with E-state index < -0.39 is 12.5 Å². The summed E-state index contributed by atoms with van der Waals surface area (Å²) in [6.45, 7) is 1.86. The zero-order valence-corrected chi connectivity index (χ0v) is 14.6. The first-order chi connectivity index (χ1) is 12.1. The van der Waals surface area contributed by atoms with Gasteiger partial charge in [0.25, 0.3) is 5.92 Å². The van der Waals surface area contributed by atoms with Gasteiger partial charge in [0, 0.05) is 25.2 Å². The molecular formula is C17H30F2N4O2. The fourth-order valence-electron chi connectivity index (χ4n) is 4.86. The minimum atomic E-state index is -2.83. The van der Waals surface area contributed by atoms with Crippen LogP contribution in [-0.4, -0.2) is 69.6 Å². The van der Waals surface area contributed by atoms with E-state index in [-0.39, 0.29) is 18.8 Å². The van der Waals surface area contributed by atoms with Gasteiger partial charge in [0.05, 0.1) is 25.4 Å². The highest BCUT2D eigenvalue weighted by molar-refractivity contribution is 5.00. The van der Waals surface area contributed by atoms with Crippen molar-refractivity contribution in [3.63, 3.8) is 0 Å². The molecule has 1 aliphatic carbocycles. The number of hydrazine groups is 1. The van der Waals surface area contributed by atoms with Crippen LogP contribution >= 0.6 is 0 Å². The van der Waals surface area contributed by atoms with Gasteiger partial charge in [-0.2, -0.15) is 0 Å². The molecule has 0 radical (unpaired) electrons. The van der Waals surface area contributed by atoms with E-state index in [1.54, 1.807) is 0 Å². The lowest BCUT2D eigenvalue weighted by Crippen LogP contribution is -2.50. The van der Waals surface area contributed by atoms with Gasteiger partial charge in [0.1, 0.15) is 6.61 Å². The Morgan fingerprint density at radius 3 is 2.76 bits per heavy atom. The van der Waals surface area contributed by atoms with E-state index in [0.717, 1.165) is 38.8 Å². The number of nitrogens with one attached hydrogen (secondary N) is 4. The molecule has 0 spiro atoms. The lowest BCUT2D eigenvalue weighted by atomic mass is 9.74. The number of fused-ring (bicyclic) bond motifs is 4. The van der Waals surface area contributed by atoms with Crippen LogP contribution in [0.3, 0.4) is 0 Å². The van der Waals surface area contributed by atoms with Crippen molar-refractivity contribution in [2.24, 2.45) is 11.8 Å². The van der Waals surface area contributed by atoms with Gasteiger partial charge in [0.15, 0.2) is 0 Å². The Morgan fingerprint density at radius 1 is 0.920 bits per heavy atom. The smallest absolute Gasteiger partial charge is 0.283 e. The van der Waals surface area contributed by atoms with Gasteiger partial charge in [0.2, 0.25) is 0 Å². The standard InChI is InChI=1S/C17H30F2N4O2/c18-17(19)9-20-3-4-24-13-5-11(7-21-8-13)16-14-6-12(25-10-17)1-2-15(14)22-23-16/h11-16,20-23H,1-10H2. The molecule has 0 aromatic carbocycles. The number of rotatable bonds is 0. The van der Waals surface area contributed by atoms with Crippen LogP contribution in [0.1, 0.15) is 25.7 Å². The van der Waals surface area contributed by atoms with E-state index in [1.165, 1.54) is 0 Å². The third-order valence-corrected chi connectivity index (χ3v) is 6.15. The van der Waals surface area contributed by atoms with Crippen LogP contribution in [0.25, 0.3) is 0 Å². The fourth-order valence-corrected chi connectivity index (χ4v) is 4.86. The van der Waals surface area contributed by atoms with Crippen molar-refractivity contribution in [1.29, 1.82) is 0 Å². The molecule has 6 unspecified atom stereocenters. The highest BCUT2D eigenvalue weighted by Gasteiger charge is 2.45. The molecule has 4 bridgehead atoms. The van der Waals surface area contributed by atoms with E-state index in [2.05, 4.69) is 21.5 Å². The topological polar surface area (TPSA) is 66.6 Å². The molecule has 3 heterocycles. The molecule has 8 heteroatoms. The molecule has 6 atom stereocenters. The van der Waals surface area contributed by atoms with Gasteiger partial charge >= 0.3 is 0 Å². The molecule has 4 N–H and O–H groups in total. The summed E-state index contributed by atoms with van der Waals surface area (Å²) in [5, 5.41) is 6.29. The minimum Gasteiger partial charge on any atom is -0.376 e. The first-order valence-corrected chi connectivity index (χ1v) is 9.64. The maximum Gasteiger partial charge on any atom is 0.283 e. The van der Waals surface area contributed by atoms with Crippen LogP contribution in [0.4, 0.5) is 8.78 Å². The maximum absolute atomic E-state index is 14.0. The molecule has 3 aliphatic heterocycles. The molecule has 4 aliphatic rings. The average Bonchev–Trinajstić information content (AvgIpc) is 3.02. The molecule has 25 heavy (non-hydrogen) atoms. The summed E-state index contributed by atoms with van der Waals surface area (Å²) in [5.74, 6) is -1.92. The summed E-state index contributed by atoms with van der Waals surface area (Å²) in [4.78, 5) is 0. The predicted molar refractivity (Wildman–Crippen MR) is 89.5 cm³/mol. The van der Waals surface area contributed by atoms with Crippen molar-refractivity contribution in [2.75, 3.05) is 39.4 Å². The van der Waals surface area contributed by atoms with Crippen molar-refractivity contribution in [2.45, 2.75) is 55.9 Å². The van der Waals surface area contributed by atoms with Crippen LogP contribution in [0, 0.1) is 11.8 Å². The molecule has 4 fully saturated rings. The lowest BCUT2D eigenvalue weighted by Gasteiger charge is -2.39. The van der Waals surface area contributed by atoms with Crippen molar-refractivity contribution < 1.29 is 18.3 Å². The number of alkyl halides is 2. The minimum absolute atomic E-state index is 0.0648. The zero-order chi connectivity index (χ0) is 17.3. The van der Waals surface area contributed by atoms with E-state index in [1.807, 2.05) is 0 Å². The zero-order valence-electron chi connectivity index (χ0n) is 14.6. The van der Waals surface area contributed by atoms with Gasteiger partial charge in [-0.3, -0.25) is 10.9 Å². The largest absolute Gasteiger partial charge is 0.376 e. The third kappa shape index (κ3) is 4.31. The molecule has 0 aromatic rings. The molecule has 0 aromatic heterocycles. The highest BCUT2D eigenvalue weighted by atomic mass is 19.3. The van der Waals surface area contributed by atoms with E-state index in [4.69, 9.17) is 9.47 Å². The van der Waals surface area contributed by atoms with E-state index in [9.17, 15) is 8.78 Å². The molecule has 6 nitrogen and oxygen atoms in total. The van der Waals surface area contributed by atoms with Crippen molar-refractivity contribution >= 4 is 0 Å².